The van der Waals surface area contributed by atoms with Crippen LogP contribution in [0.25, 0.3) is 16.9 Å². The first-order valence-electron chi connectivity index (χ1n) is 9.98. The molecule has 0 spiro atoms. The van der Waals surface area contributed by atoms with E-state index in [1.165, 1.54) is 12.8 Å². The first kappa shape index (κ1) is 17.7. The van der Waals surface area contributed by atoms with Gasteiger partial charge in [-0.05, 0) is 60.8 Å². The summed E-state index contributed by atoms with van der Waals surface area (Å²) in [6, 6.07) is 5.67. The van der Waals surface area contributed by atoms with E-state index in [2.05, 4.69) is 20.2 Å². The Balaban J connectivity index is 1.38. The molecule has 30 heavy (non-hydrogen) atoms. The second-order valence-corrected chi connectivity index (χ2v) is 8.27. The van der Waals surface area contributed by atoms with Crippen LogP contribution in [0.5, 0.6) is 0 Å². The Bertz CT molecular complexity index is 1300. The number of hydrogen-bond donors (Lipinski definition) is 0. The standard InChI is InChI=1S/C23H17ClFN5/c24-21-17(5-7-30-20(8-13-3-4-13)28-29-23(21)30)15-9-16-11-19(14-2-1-6-26-12-14)27-22(16)18(25)10-15/h1-2,5-7,9-13,18H,3-4,8H2. The zero-order valence-electron chi connectivity index (χ0n) is 16.0. The Hall–Kier alpha value is -3.12. The molecule has 1 saturated carbocycles. The molecule has 1 atom stereocenters. The van der Waals surface area contributed by atoms with Gasteiger partial charge >= 0.3 is 0 Å². The number of nitrogens with zero attached hydrogens (tertiary/aromatic N) is 5. The minimum atomic E-state index is -1.30. The summed E-state index contributed by atoms with van der Waals surface area (Å²) >= 11 is 6.69. The van der Waals surface area contributed by atoms with Crippen molar-refractivity contribution < 1.29 is 4.39 Å². The van der Waals surface area contributed by atoms with Crippen LogP contribution in [0.4, 0.5) is 4.39 Å². The van der Waals surface area contributed by atoms with E-state index in [4.69, 9.17) is 11.6 Å². The van der Waals surface area contributed by atoms with Crippen LogP contribution < -0.4 is 0 Å². The lowest BCUT2D eigenvalue weighted by Gasteiger charge is -2.16. The third-order valence-corrected chi connectivity index (χ3v) is 6.13. The maximum atomic E-state index is 15.0. The molecule has 4 heterocycles. The van der Waals surface area contributed by atoms with Crippen LogP contribution in [-0.2, 0) is 6.42 Å². The van der Waals surface area contributed by atoms with E-state index in [-0.39, 0.29) is 0 Å². The molecule has 5 nitrogen and oxygen atoms in total. The van der Waals surface area contributed by atoms with Crippen LogP contribution in [-0.4, -0.2) is 31.5 Å². The van der Waals surface area contributed by atoms with Crippen molar-refractivity contribution >= 4 is 34.2 Å². The third kappa shape index (κ3) is 2.91. The molecule has 0 amide bonds. The molecule has 0 aromatic carbocycles. The van der Waals surface area contributed by atoms with Crippen molar-refractivity contribution in [2.24, 2.45) is 10.9 Å². The fraction of sp³-hybridized carbons (Fsp3) is 0.217. The van der Waals surface area contributed by atoms with Crippen LogP contribution in [0.1, 0.15) is 29.8 Å². The molecule has 1 fully saturated rings. The fourth-order valence-corrected chi connectivity index (χ4v) is 4.28. The molecule has 3 aromatic rings. The van der Waals surface area contributed by atoms with E-state index in [1.54, 1.807) is 18.5 Å². The van der Waals surface area contributed by atoms with Crippen molar-refractivity contribution in [1.82, 2.24) is 19.6 Å². The number of halogens is 2. The molecule has 7 heteroatoms. The summed E-state index contributed by atoms with van der Waals surface area (Å²) in [5, 5.41) is 9.09. The molecule has 3 aromatic heterocycles. The highest BCUT2D eigenvalue weighted by Gasteiger charge is 2.28. The van der Waals surface area contributed by atoms with E-state index in [0.29, 0.717) is 28.0 Å². The van der Waals surface area contributed by atoms with Gasteiger partial charge in [-0.2, -0.15) is 0 Å². The highest BCUT2D eigenvalue weighted by molar-refractivity contribution is 6.35. The van der Waals surface area contributed by atoms with E-state index in [1.807, 2.05) is 40.9 Å². The zero-order chi connectivity index (χ0) is 20.2. The summed E-state index contributed by atoms with van der Waals surface area (Å²) in [5.41, 5.74) is 4.82. The molecule has 2 aliphatic carbocycles. The Kier molecular flexibility index (Phi) is 3.96. The largest absolute Gasteiger partial charge is 0.285 e. The smallest absolute Gasteiger partial charge is 0.180 e. The number of rotatable bonds is 4. The summed E-state index contributed by atoms with van der Waals surface area (Å²) in [5.74, 6) is 1.63. The predicted molar refractivity (Wildman–Crippen MR) is 115 cm³/mol. The van der Waals surface area contributed by atoms with Crippen molar-refractivity contribution in [3.63, 3.8) is 0 Å². The molecule has 0 N–H and O–H groups in total. The lowest BCUT2D eigenvalue weighted by Crippen LogP contribution is -2.17. The first-order chi connectivity index (χ1) is 14.7. The number of fused-ring (bicyclic) bond motifs is 2. The van der Waals surface area contributed by atoms with Crippen molar-refractivity contribution in [3.05, 3.63) is 82.6 Å². The van der Waals surface area contributed by atoms with E-state index in [0.717, 1.165) is 34.5 Å². The highest BCUT2D eigenvalue weighted by Crippen LogP contribution is 2.37. The van der Waals surface area contributed by atoms with Gasteiger partial charge in [-0.25, -0.2) is 9.38 Å². The lowest BCUT2D eigenvalue weighted by atomic mass is 9.93. The second kappa shape index (κ2) is 6.71. The molecule has 0 radical (unpaired) electrons. The maximum absolute atomic E-state index is 15.0. The van der Waals surface area contributed by atoms with Crippen LogP contribution in [0, 0.1) is 5.92 Å². The van der Waals surface area contributed by atoms with Gasteiger partial charge in [-0.15, -0.1) is 10.2 Å². The van der Waals surface area contributed by atoms with E-state index in [9.17, 15) is 4.39 Å². The number of hydrogen-bond acceptors (Lipinski definition) is 4. The van der Waals surface area contributed by atoms with Gasteiger partial charge in [0.2, 0.25) is 0 Å². The zero-order valence-corrected chi connectivity index (χ0v) is 16.7. The van der Waals surface area contributed by atoms with Gasteiger partial charge in [0.05, 0.1) is 16.4 Å². The number of alkyl halides is 1. The van der Waals surface area contributed by atoms with Gasteiger partial charge in [0, 0.05) is 41.7 Å². The minimum Gasteiger partial charge on any atom is -0.285 e. The van der Waals surface area contributed by atoms with Crippen molar-refractivity contribution in [1.29, 1.82) is 0 Å². The average molecular weight is 418 g/mol. The molecular formula is C23H17ClFN5. The molecule has 3 aliphatic rings. The van der Waals surface area contributed by atoms with Crippen LogP contribution in [0.2, 0.25) is 5.02 Å². The van der Waals surface area contributed by atoms with Gasteiger partial charge in [0.15, 0.2) is 11.8 Å². The Morgan fingerprint density at radius 1 is 1.13 bits per heavy atom. The molecule has 6 rings (SSSR count). The highest BCUT2D eigenvalue weighted by atomic mass is 35.5. The summed E-state index contributed by atoms with van der Waals surface area (Å²) in [4.78, 5) is 8.61. The number of aliphatic imine (C=N–C) groups is 1. The quantitative estimate of drug-likeness (QED) is 0.607. The number of allylic oxidation sites excluding steroid dienone is 5. The normalized spacial score (nSPS) is 20.5. The first-order valence-corrected chi connectivity index (χ1v) is 10.4. The van der Waals surface area contributed by atoms with Crippen LogP contribution >= 0.6 is 11.6 Å². The summed E-state index contributed by atoms with van der Waals surface area (Å²) in [6.07, 6.45) is 12.8. The fourth-order valence-electron chi connectivity index (χ4n) is 3.98. The number of aromatic nitrogens is 4. The van der Waals surface area contributed by atoms with Crippen molar-refractivity contribution in [3.8, 4) is 0 Å². The number of pyridine rings is 2. The van der Waals surface area contributed by atoms with Gasteiger partial charge in [-0.3, -0.25) is 9.38 Å². The topological polar surface area (TPSA) is 55.4 Å². The Morgan fingerprint density at radius 3 is 2.83 bits per heavy atom. The van der Waals surface area contributed by atoms with Gasteiger partial charge in [-0.1, -0.05) is 11.6 Å². The van der Waals surface area contributed by atoms with Crippen molar-refractivity contribution in [2.75, 3.05) is 0 Å². The maximum Gasteiger partial charge on any atom is 0.180 e. The summed E-state index contributed by atoms with van der Waals surface area (Å²) < 4.78 is 16.9. The summed E-state index contributed by atoms with van der Waals surface area (Å²) in [7, 11) is 0. The van der Waals surface area contributed by atoms with E-state index < -0.39 is 6.17 Å². The van der Waals surface area contributed by atoms with Crippen LogP contribution in [0.15, 0.2) is 65.6 Å². The van der Waals surface area contributed by atoms with Crippen LogP contribution in [0.3, 0.4) is 0 Å². The van der Waals surface area contributed by atoms with Crippen molar-refractivity contribution in [2.45, 2.75) is 25.4 Å². The monoisotopic (exact) mass is 417 g/mol. The summed E-state index contributed by atoms with van der Waals surface area (Å²) in [6.45, 7) is 0. The van der Waals surface area contributed by atoms with E-state index >= 15 is 0 Å². The van der Waals surface area contributed by atoms with Gasteiger partial charge < -0.3 is 0 Å². The van der Waals surface area contributed by atoms with Gasteiger partial charge in [0.25, 0.3) is 0 Å². The lowest BCUT2D eigenvalue weighted by molar-refractivity contribution is 0.493. The minimum absolute atomic E-state index is 0.420. The Labute approximate surface area is 177 Å². The SMILES string of the molecule is FC1C=C(c2ccn3c(CC4CC4)nnc3c2Cl)C=C2C=C(c3cccnc3)N=C21. The molecule has 1 unspecified atom stereocenters. The molecule has 148 valence electrons. The molecule has 1 aliphatic heterocycles. The molecule has 0 bridgehead atoms. The average Bonchev–Trinajstić information content (AvgIpc) is 3.31. The van der Waals surface area contributed by atoms with Gasteiger partial charge in [0.1, 0.15) is 5.82 Å². The third-order valence-electron chi connectivity index (χ3n) is 5.75. The predicted octanol–water partition coefficient (Wildman–Crippen LogP) is 4.89. The Morgan fingerprint density at radius 2 is 2.03 bits per heavy atom. The second-order valence-electron chi connectivity index (χ2n) is 7.89. The molecular weight excluding hydrogens is 401 g/mol. The molecule has 0 saturated heterocycles.